The molecule has 0 unspecified atom stereocenters. The van der Waals surface area contributed by atoms with Crippen LogP contribution in [0.5, 0.6) is 0 Å². The van der Waals surface area contributed by atoms with Crippen molar-refractivity contribution in [3.63, 3.8) is 0 Å². The molecule has 2 rings (SSSR count). The quantitative estimate of drug-likeness (QED) is 0.774. The molecule has 1 aliphatic rings. The lowest BCUT2D eigenvalue weighted by Gasteiger charge is -2.32. The summed E-state index contributed by atoms with van der Waals surface area (Å²) in [5, 5.41) is 7.81. The highest BCUT2D eigenvalue weighted by Crippen LogP contribution is 2.15. The van der Waals surface area contributed by atoms with Crippen LogP contribution in [-0.2, 0) is 14.8 Å². The Labute approximate surface area is 148 Å². The second-order valence-corrected chi connectivity index (χ2v) is 8.20. The van der Waals surface area contributed by atoms with Crippen LogP contribution in [0.3, 0.4) is 0 Å². The van der Waals surface area contributed by atoms with Crippen molar-refractivity contribution in [1.82, 2.24) is 10.2 Å². The lowest BCUT2D eigenvalue weighted by molar-refractivity contribution is -0.122. The van der Waals surface area contributed by atoms with E-state index in [0.29, 0.717) is 31.5 Å². The third-order valence-electron chi connectivity index (χ3n) is 4.28. The number of sulfonamides is 1. The molecule has 0 aromatic heterocycles. The summed E-state index contributed by atoms with van der Waals surface area (Å²) >= 11 is 0. The molecular formula is C17H25N3O4S. The molecule has 1 saturated heterocycles. The van der Waals surface area contributed by atoms with Gasteiger partial charge in [0.2, 0.25) is 15.9 Å². The van der Waals surface area contributed by atoms with Crippen molar-refractivity contribution in [2.45, 2.75) is 38.6 Å². The fourth-order valence-corrected chi connectivity index (χ4v) is 3.39. The van der Waals surface area contributed by atoms with E-state index in [9.17, 15) is 18.0 Å². The number of benzene rings is 1. The highest BCUT2D eigenvalue weighted by molar-refractivity contribution is 7.89. The smallest absolute Gasteiger partial charge is 0.253 e. The number of likely N-dealkylation sites (tertiary alicyclic amines) is 1. The molecule has 0 aliphatic carbocycles. The molecule has 0 radical (unpaired) electrons. The van der Waals surface area contributed by atoms with E-state index in [1.165, 1.54) is 0 Å². The van der Waals surface area contributed by atoms with Crippen LogP contribution in [0.1, 0.15) is 41.6 Å². The zero-order valence-electron chi connectivity index (χ0n) is 14.4. The van der Waals surface area contributed by atoms with Gasteiger partial charge in [0.25, 0.3) is 5.91 Å². The lowest BCUT2D eigenvalue weighted by atomic mass is 10.0. The fourth-order valence-electron chi connectivity index (χ4n) is 2.84. The number of nitrogens with two attached hydrogens (primary N) is 1. The van der Waals surface area contributed by atoms with Gasteiger partial charge >= 0.3 is 0 Å². The molecule has 1 aromatic rings. The number of rotatable bonds is 6. The number of piperidine rings is 1. The molecule has 1 heterocycles. The molecule has 7 nitrogen and oxygen atoms in total. The maximum atomic E-state index is 12.4. The number of primary sulfonamides is 1. The molecule has 1 aromatic carbocycles. The minimum atomic E-state index is -3.52. The molecule has 1 aliphatic heterocycles. The summed E-state index contributed by atoms with van der Waals surface area (Å²) in [5.74, 6) is -0.353. The average molecular weight is 367 g/mol. The van der Waals surface area contributed by atoms with E-state index in [1.807, 2.05) is 31.2 Å². The number of hydrogen-bond acceptors (Lipinski definition) is 4. The van der Waals surface area contributed by atoms with Gasteiger partial charge < -0.3 is 10.2 Å². The number of carbonyl (C=O) groups excluding carboxylic acids is 2. The van der Waals surface area contributed by atoms with Gasteiger partial charge in [-0.05, 0) is 38.3 Å². The van der Waals surface area contributed by atoms with E-state index in [-0.39, 0.29) is 36.5 Å². The Hall–Kier alpha value is -1.93. The summed E-state index contributed by atoms with van der Waals surface area (Å²) in [4.78, 5) is 26.1. The Morgan fingerprint density at radius 2 is 1.80 bits per heavy atom. The number of aryl methyl sites for hydroxylation is 1. The van der Waals surface area contributed by atoms with E-state index in [1.54, 1.807) is 4.90 Å². The molecule has 25 heavy (non-hydrogen) atoms. The molecule has 0 bridgehead atoms. The van der Waals surface area contributed by atoms with E-state index in [0.717, 1.165) is 5.56 Å². The minimum absolute atomic E-state index is 0.0120. The van der Waals surface area contributed by atoms with Crippen LogP contribution in [0.4, 0.5) is 0 Å². The van der Waals surface area contributed by atoms with Crippen molar-refractivity contribution in [2.24, 2.45) is 5.14 Å². The van der Waals surface area contributed by atoms with E-state index in [4.69, 9.17) is 5.14 Å². The number of carbonyl (C=O) groups is 2. The van der Waals surface area contributed by atoms with Crippen molar-refractivity contribution in [3.8, 4) is 0 Å². The summed E-state index contributed by atoms with van der Waals surface area (Å²) in [6.07, 6.45) is 1.74. The predicted molar refractivity (Wildman–Crippen MR) is 95.5 cm³/mol. The normalized spacial score (nSPS) is 15.8. The van der Waals surface area contributed by atoms with Crippen LogP contribution in [0.15, 0.2) is 24.3 Å². The first-order chi connectivity index (χ1) is 11.7. The highest BCUT2D eigenvalue weighted by Gasteiger charge is 2.24. The summed E-state index contributed by atoms with van der Waals surface area (Å²) < 4.78 is 21.7. The monoisotopic (exact) mass is 367 g/mol. The van der Waals surface area contributed by atoms with Crippen molar-refractivity contribution < 1.29 is 18.0 Å². The Bertz CT molecular complexity index is 708. The first-order valence-electron chi connectivity index (χ1n) is 8.40. The summed E-state index contributed by atoms with van der Waals surface area (Å²) in [5.41, 5.74) is 1.79. The SMILES string of the molecule is Cc1ccc(C(=O)N2CCC(NC(=O)CCCS(N)(=O)=O)CC2)cc1. The molecule has 8 heteroatoms. The second-order valence-electron chi connectivity index (χ2n) is 6.47. The maximum Gasteiger partial charge on any atom is 0.253 e. The molecule has 1 fully saturated rings. The fraction of sp³-hybridized carbons (Fsp3) is 0.529. The third-order valence-corrected chi connectivity index (χ3v) is 5.14. The number of nitrogens with one attached hydrogen (secondary N) is 1. The minimum Gasteiger partial charge on any atom is -0.353 e. The first-order valence-corrected chi connectivity index (χ1v) is 10.1. The number of nitrogens with zero attached hydrogens (tertiary/aromatic N) is 1. The van der Waals surface area contributed by atoms with Crippen molar-refractivity contribution in [3.05, 3.63) is 35.4 Å². The molecule has 2 amide bonds. The molecule has 0 saturated carbocycles. The van der Waals surface area contributed by atoms with Gasteiger partial charge in [0.15, 0.2) is 0 Å². The number of amides is 2. The summed E-state index contributed by atoms with van der Waals surface area (Å²) in [7, 11) is -3.52. The zero-order valence-corrected chi connectivity index (χ0v) is 15.2. The van der Waals surface area contributed by atoms with Crippen LogP contribution in [0.25, 0.3) is 0 Å². The predicted octanol–water partition coefficient (Wildman–Crippen LogP) is 0.785. The zero-order chi connectivity index (χ0) is 18.4. The van der Waals surface area contributed by atoms with E-state index in [2.05, 4.69) is 5.32 Å². The van der Waals surface area contributed by atoms with Crippen LogP contribution >= 0.6 is 0 Å². The van der Waals surface area contributed by atoms with Gasteiger partial charge in [0, 0.05) is 31.1 Å². The van der Waals surface area contributed by atoms with Gasteiger partial charge in [-0.3, -0.25) is 9.59 Å². The van der Waals surface area contributed by atoms with Crippen molar-refractivity contribution >= 4 is 21.8 Å². The van der Waals surface area contributed by atoms with Crippen LogP contribution < -0.4 is 10.5 Å². The summed E-state index contributed by atoms with van der Waals surface area (Å²) in [6, 6.07) is 7.52. The topological polar surface area (TPSA) is 110 Å². The Balaban J connectivity index is 1.74. The Morgan fingerprint density at radius 1 is 1.20 bits per heavy atom. The van der Waals surface area contributed by atoms with Gasteiger partial charge in [0.1, 0.15) is 0 Å². The lowest BCUT2D eigenvalue weighted by Crippen LogP contribution is -2.46. The number of hydrogen-bond donors (Lipinski definition) is 2. The average Bonchev–Trinajstić information content (AvgIpc) is 2.54. The maximum absolute atomic E-state index is 12.4. The van der Waals surface area contributed by atoms with E-state index < -0.39 is 10.0 Å². The molecule has 0 atom stereocenters. The third kappa shape index (κ3) is 6.47. The molecule has 3 N–H and O–H groups in total. The standard InChI is InChI=1S/C17H25N3O4S/c1-13-4-6-14(7-5-13)17(22)20-10-8-15(9-11-20)19-16(21)3-2-12-25(18,23)24/h4-7,15H,2-3,8-12H2,1H3,(H,19,21)(H2,18,23,24). The van der Waals surface area contributed by atoms with Crippen molar-refractivity contribution in [1.29, 1.82) is 0 Å². The van der Waals surface area contributed by atoms with Gasteiger partial charge in [-0.1, -0.05) is 17.7 Å². The molecule has 0 spiro atoms. The second kappa shape index (κ2) is 8.44. The first kappa shape index (κ1) is 19.4. The molecular weight excluding hydrogens is 342 g/mol. The van der Waals surface area contributed by atoms with Crippen LogP contribution in [0, 0.1) is 6.92 Å². The van der Waals surface area contributed by atoms with Crippen LogP contribution in [0.2, 0.25) is 0 Å². The molecule has 138 valence electrons. The van der Waals surface area contributed by atoms with Crippen molar-refractivity contribution in [2.75, 3.05) is 18.8 Å². The Morgan fingerprint density at radius 3 is 2.36 bits per heavy atom. The van der Waals surface area contributed by atoms with Gasteiger partial charge in [-0.25, -0.2) is 13.6 Å². The van der Waals surface area contributed by atoms with Gasteiger partial charge in [-0.15, -0.1) is 0 Å². The van der Waals surface area contributed by atoms with Gasteiger partial charge in [-0.2, -0.15) is 0 Å². The van der Waals surface area contributed by atoms with Gasteiger partial charge in [0.05, 0.1) is 5.75 Å². The Kier molecular flexibility index (Phi) is 6.55. The van der Waals surface area contributed by atoms with E-state index >= 15 is 0 Å². The highest BCUT2D eigenvalue weighted by atomic mass is 32.2. The largest absolute Gasteiger partial charge is 0.353 e. The summed E-state index contributed by atoms with van der Waals surface area (Å²) in [6.45, 7) is 3.16. The van der Waals surface area contributed by atoms with Crippen LogP contribution in [-0.4, -0.2) is 50.0 Å².